The van der Waals surface area contributed by atoms with E-state index in [9.17, 15) is 37.2 Å². The molecular weight excluding hydrogens is 859 g/mol. The van der Waals surface area contributed by atoms with Gasteiger partial charge in [0.25, 0.3) is 11.8 Å². The molecule has 18 nitrogen and oxygen atoms in total. The number of nitrogens with one attached hydrogen (secondary N) is 3. The summed E-state index contributed by atoms with van der Waals surface area (Å²) in [6, 6.07) is 3.75. The molecule has 1 aliphatic heterocycles. The van der Waals surface area contributed by atoms with E-state index in [2.05, 4.69) is 10.0 Å². The molecular formula is C46H77N7O11S. The molecule has 19 heteroatoms. The number of sulfonamides is 1. The Bertz CT molecular complexity index is 1870. The molecule has 2 fully saturated rings. The Balaban J connectivity index is 1.82. The summed E-state index contributed by atoms with van der Waals surface area (Å²) in [7, 11) is 4.50. The molecule has 368 valence electrons. The topological polar surface area (TPSA) is 236 Å². The Kier molecular flexibility index (Phi) is 21.3. The third-order valence-electron chi connectivity index (χ3n) is 13.1. The lowest BCUT2D eigenvalue weighted by molar-refractivity contribution is -0.149. The fraction of sp³-hybridized carbons (Fsp3) is 0.739. The van der Waals surface area contributed by atoms with Gasteiger partial charge >= 0.3 is 0 Å². The summed E-state index contributed by atoms with van der Waals surface area (Å²) in [5.74, 6) is 1.46. The van der Waals surface area contributed by atoms with Crippen LogP contribution in [0.5, 0.6) is 5.75 Å². The fourth-order valence-electron chi connectivity index (χ4n) is 9.10. The monoisotopic (exact) mass is 936 g/mol. The zero-order valence-electron chi connectivity index (χ0n) is 40.6. The van der Waals surface area contributed by atoms with Crippen LogP contribution in [0.3, 0.4) is 0 Å². The Morgan fingerprint density at radius 3 is 2.02 bits per heavy atom. The highest BCUT2D eigenvalue weighted by atomic mass is 32.2. The number of carbonyl (C=O) groups is 6. The van der Waals surface area contributed by atoms with Gasteiger partial charge in [0.1, 0.15) is 11.8 Å². The maximum atomic E-state index is 14.4. The minimum absolute atomic E-state index is 0.00822. The van der Waals surface area contributed by atoms with E-state index >= 15 is 0 Å². The van der Waals surface area contributed by atoms with Crippen LogP contribution in [0.2, 0.25) is 0 Å². The van der Waals surface area contributed by atoms with Gasteiger partial charge in [-0.2, -0.15) is 0 Å². The number of likely N-dealkylation sites (tertiary alicyclic amines) is 1. The summed E-state index contributed by atoms with van der Waals surface area (Å²) >= 11 is 0. The number of ether oxygens (including phenoxy) is 3. The molecule has 3 rings (SSSR count). The van der Waals surface area contributed by atoms with Crippen molar-refractivity contribution in [1.29, 1.82) is 0 Å². The minimum atomic E-state index is -3.95. The first kappa shape index (κ1) is 55.2. The van der Waals surface area contributed by atoms with Crippen molar-refractivity contribution in [2.45, 2.75) is 141 Å². The van der Waals surface area contributed by atoms with Crippen LogP contribution < -0.4 is 26.0 Å². The number of hydrazine groups is 1. The molecule has 0 radical (unpaired) electrons. The van der Waals surface area contributed by atoms with Crippen LogP contribution in [0.1, 0.15) is 99.0 Å². The highest BCUT2D eigenvalue weighted by Gasteiger charge is 2.44. The van der Waals surface area contributed by atoms with E-state index in [4.69, 9.17) is 20.1 Å². The van der Waals surface area contributed by atoms with E-state index in [-0.39, 0.29) is 67.3 Å². The number of hydrogen-bond donors (Lipinski definition) is 4. The highest BCUT2D eigenvalue weighted by Crippen LogP contribution is 2.32. The molecule has 1 aromatic carbocycles. The maximum Gasteiger partial charge on any atom is 0.271 e. The van der Waals surface area contributed by atoms with Crippen LogP contribution in [-0.2, 0) is 54.7 Å². The normalized spacial score (nSPS) is 19.1. The molecule has 1 aliphatic carbocycles. The number of Topliss-reactive ketones (excluding diaryl/α,β-unsaturated/α-hetero) is 1. The van der Waals surface area contributed by atoms with Gasteiger partial charge in [-0.1, -0.05) is 67.0 Å². The number of hydrogen-bond acceptors (Lipinski definition) is 13. The van der Waals surface area contributed by atoms with Crippen LogP contribution in [0.15, 0.2) is 24.3 Å². The van der Waals surface area contributed by atoms with Gasteiger partial charge in [0.2, 0.25) is 27.7 Å². The van der Waals surface area contributed by atoms with Gasteiger partial charge in [0, 0.05) is 46.6 Å². The SMILES string of the molecule is CC[C@H](C)[C@@H]([C@@H](CC(=O)N1CCC[C@H]1[C@H](OC)[C@@H](C)C(=O)N[C@@H](Cc1ccc(OCC(=O)NN)cc1)C(=O)NS(=O)(=O)C1CC1)OC)N(C)C(=O)[C@@H](CC(=O)[C@H](C(C)C)N(C)C)C(C)C. The fourth-order valence-corrected chi connectivity index (χ4v) is 10.4. The van der Waals surface area contributed by atoms with Crippen molar-refractivity contribution in [2.24, 2.45) is 35.4 Å². The average molecular weight is 936 g/mol. The van der Waals surface area contributed by atoms with Crippen molar-refractivity contribution in [1.82, 2.24) is 30.2 Å². The lowest BCUT2D eigenvalue weighted by Crippen LogP contribution is -2.55. The van der Waals surface area contributed by atoms with Gasteiger partial charge < -0.3 is 29.3 Å². The van der Waals surface area contributed by atoms with Crippen molar-refractivity contribution in [2.75, 3.05) is 48.5 Å². The van der Waals surface area contributed by atoms with Crippen LogP contribution >= 0.6 is 0 Å². The van der Waals surface area contributed by atoms with Crippen LogP contribution in [0.25, 0.3) is 0 Å². The predicted octanol–water partition coefficient (Wildman–Crippen LogP) is 2.43. The first-order valence-corrected chi connectivity index (χ1v) is 24.5. The number of methoxy groups -OCH3 is 2. The second-order valence-corrected chi connectivity index (χ2v) is 20.7. The Morgan fingerprint density at radius 2 is 1.51 bits per heavy atom. The lowest BCUT2D eigenvalue weighted by Gasteiger charge is -2.41. The second kappa shape index (κ2) is 25.1. The van der Waals surface area contributed by atoms with E-state index in [1.807, 2.05) is 66.0 Å². The second-order valence-electron chi connectivity index (χ2n) is 18.7. The molecule has 1 saturated carbocycles. The maximum absolute atomic E-state index is 14.4. The van der Waals surface area contributed by atoms with E-state index < -0.39 is 75.2 Å². The quantitative estimate of drug-likeness (QED) is 0.0565. The van der Waals surface area contributed by atoms with Gasteiger partial charge in [-0.3, -0.25) is 43.8 Å². The number of rotatable bonds is 27. The van der Waals surface area contributed by atoms with E-state index in [1.165, 1.54) is 14.2 Å². The van der Waals surface area contributed by atoms with Crippen molar-refractivity contribution < 1.29 is 51.4 Å². The Morgan fingerprint density at radius 1 is 0.877 bits per heavy atom. The average Bonchev–Trinajstić information content (AvgIpc) is 4.02. The molecule has 0 unspecified atom stereocenters. The predicted molar refractivity (Wildman–Crippen MR) is 246 cm³/mol. The van der Waals surface area contributed by atoms with Gasteiger partial charge in [-0.05, 0) is 75.2 Å². The largest absolute Gasteiger partial charge is 0.484 e. The van der Waals surface area contributed by atoms with Crippen molar-refractivity contribution in [3.8, 4) is 5.75 Å². The third-order valence-corrected chi connectivity index (χ3v) is 14.9. The first-order valence-electron chi connectivity index (χ1n) is 22.9. The molecule has 0 spiro atoms. The van der Waals surface area contributed by atoms with Crippen molar-refractivity contribution >= 4 is 45.3 Å². The van der Waals surface area contributed by atoms with E-state index in [0.717, 1.165) is 0 Å². The van der Waals surface area contributed by atoms with Crippen molar-refractivity contribution in [3.05, 3.63) is 29.8 Å². The Labute approximate surface area is 386 Å². The molecule has 9 atom stereocenters. The molecule has 1 saturated heterocycles. The van der Waals surface area contributed by atoms with Gasteiger partial charge in [0.05, 0.1) is 47.9 Å². The minimum Gasteiger partial charge on any atom is -0.484 e. The summed E-state index contributed by atoms with van der Waals surface area (Å²) in [6.07, 6.45) is 1.20. The number of carbonyl (C=O) groups excluding carboxylic acids is 6. The molecule has 2 aliphatic rings. The van der Waals surface area contributed by atoms with E-state index in [0.29, 0.717) is 50.0 Å². The van der Waals surface area contributed by atoms with E-state index in [1.54, 1.807) is 48.0 Å². The summed E-state index contributed by atoms with van der Waals surface area (Å²) in [6.45, 7) is 13.6. The van der Waals surface area contributed by atoms with Crippen molar-refractivity contribution in [3.63, 3.8) is 0 Å². The first-order chi connectivity index (χ1) is 30.5. The number of amides is 5. The number of ketones is 1. The summed E-state index contributed by atoms with van der Waals surface area (Å²) in [5.41, 5.74) is 2.54. The van der Waals surface area contributed by atoms with Crippen LogP contribution in [0.4, 0.5) is 0 Å². The number of benzene rings is 1. The molecule has 1 aromatic rings. The lowest BCUT2D eigenvalue weighted by atomic mass is 9.83. The van der Waals surface area contributed by atoms with Gasteiger partial charge in [0.15, 0.2) is 12.4 Å². The highest BCUT2D eigenvalue weighted by molar-refractivity contribution is 7.90. The molecule has 65 heavy (non-hydrogen) atoms. The Hall–Kier alpha value is -4.17. The molecule has 0 aromatic heterocycles. The van der Waals surface area contributed by atoms with Crippen LogP contribution in [0, 0.1) is 29.6 Å². The third kappa shape index (κ3) is 15.2. The summed E-state index contributed by atoms with van der Waals surface area (Å²) in [4.78, 5) is 86.9. The summed E-state index contributed by atoms with van der Waals surface area (Å²) < 4.78 is 45.2. The van der Waals surface area contributed by atoms with Gasteiger partial charge in [-0.25, -0.2) is 14.3 Å². The molecule has 5 N–H and O–H groups in total. The van der Waals surface area contributed by atoms with Crippen LogP contribution in [-0.4, -0.2) is 149 Å². The zero-order valence-corrected chi connectivity index (χ0v) is 41.4. The summed E-state index contributed by atoms with van der Waals surface area (Å²) in [5, 5.41) is 2.08. The zero-order chi connectivity index (χ0) is 48.9. The van der Waals surface area contributed by atoms with Gasteiger partial charge in [-0.15, -0.1) is 0 Å². The standard InChI is InChI=1S/C46H77N7O11S/c1-13-29(6)42(52(10)46(59)34(27(2)3)24-37(54)41(28(4)5)51(8)9)38(62-11)25-40(56)53-22-14-15-36(53)43(63-12)30(7)44(57)48-35(45(58)50-65(60,61)33-20-21-33)23-31-16-18-32(19-17-31)64-26-39(55)49-47/h16-19,27-30,33-36,38,41-43H,13-15,20-26,47H2,1-12H3,(H,48,57)(H,49,55)(H,50,58)/t29-,30+,34-,35-,36-,38+,41-,42-,43+/m0/s1. The smallest absolute Gasteiger partial charge is 0.271 e. The molecule has 0 bridgehead atoms. The number of nitrogens with two attached hydrogens (primary N) is 1. The number of likely N-dealkylation sites (N-methyl/N-ethyl adjacent to an activating group) is 2. The molecule has 1 heterocycles. The molecule has 5 amide bonds. The number of nitrogens with zero attached hydrogens (tertiary/aromatic N) is 3.